The molecule has 1 fully saturated rings. The second-order valence-corrected chi connectivity index (χ2v) is 7.43. The molecule has 0 aromatic heterocycles. The first-order valence-corrected chi connectivity index (χ1v) is 10.6. The average Bonchev–Trinajstić information content (AvgIpc) is 2.82. The van der Waals surface area contributed by atoms with Crippen LogP contribution in [0.3, 0.4) is 0 Å². The van der Waals surface area contributed by atoms with Crippen molar-refractivity contribution in [2.45, 2.75) is 20.0 Å². The third-order valence-electron chi connectivity index (χ3n) is 5.33. The van der Waals surface area contributed by atoms with Crippen LogP contribution in [-0.2, 0) is 13.1 Å². The maximum Gasteiger partial charge on any atom is 0.194 e. The number of aliphatic imine (C=N–C) groups is 1. The second kappa shape index (κ2) is 11.2. The number of nitrogens with zero attached hydrogens (tertiary/aromatic N) is 4. The van der Waals surface area contributed by atoms with Crippen molar-refractivity contribution >= 4 is 5.96 Å². The van der Waals surface area contributed by atoms with Crippen molar-refractivity contribution < 1.29 is 9.47 Å². The number of piperazine rings is 1. The standard InChI is InChI=1S/C24H31N5O2/c1-4-26-24(27-17-20-7-5-6-19(14-20)16-25)29-12-10-28(11-13-29)18-21-8-9-22(30-2)23(15-21)31-3/h5-9,14-15H,4,10-13,17-18H2,1-3H3,(H,26,27). The predicted octanol–water partition coefficient (Wildman–Crippen LogP) is 2.86. The number of rotatable bonds is 7. The largest absolute Gasteiger partial charge is 0.493 e. The van der Waals surface area contributed by atoms with Gasteiger partial charge in [0.05, 0.1) is 32.4 Å². The lowest BCUT2D eigenvalue weighted by Crippen LogP contribution is -2.52. The van der Waals surface area contributed by atoms with Crippen molar-refractivity contribution in [1.82, 2.24) is 15.1 Å². The van der Waals surface area contributed by atoms with E-state index in [1.165, 1.54) is 5.56 Å². The van der Waals surface area contributed by atoms with E-state index in [9.17, 15) is 0 Å². The van der Waals surface area contributed by atoms with Gasteiger partial charge in [-0.05, 0) is 42.3 Å². The number of guanidine groups is 1. The monoisotopic (exact) mass is 421 g/mol. The molecule has 7 heteroatoms. The van der Waals surface area contributed by atoms with Gasteiger partial charge >= 0.3 is 0 Å². The summed E-state index contributed by atoms with van der Waals surface area (Å²) < 4.78 is 10.8. The van der Waals surface area contributed by atoms with E-state index in [1.807, 2.05) is 36.4 Å². The molecule has 0 bridgehead atoms. The minimum atomic E-state index is 0.559. The number of ether oxygens (including phenoxy) is 2. The SMILES string of the molecule is CCNC(=NCc1cccc(C#N)c1)N1CCN(Cc2ccc(OC)c(OC)c2)CC1. The third kappa shape index (κ3) is 6.12. The van der Waals surface area contributed by atoms with Crippen molar-refractivity contribution in [3.05, 3.63) is 59.2 Å². The number of methoxy groups -OCH3 is 2. The molecule has 164 valence electrons. The zero-order valence-corrected chi connectivity index (χ0v) is 18.6. The van der Waals surface area contributed by atoms with Crippen molar-refractivity contribution in [1.29, 1.82) is 5.26 Å². The lowest BCUT2D eigenvalue weighted by Gasteiger charge is -2.36. The van der Waals surface area contributed by atoms with Gasteiger partial charge in [-0.3, -0.25) is 4.90 Å². The molecular weight excluding hydrogens is 390 g/mol. The van der Waals surface area contributed by atoms with Gasteiger partial charge in [-0.15, -0.1) is 0 Å². The quantitative estimate of drug-likeness (QED) is 0.548. The Kier molecular flexibility index (Phi) is 8.13. The molecule has 0 spiro atoms. The molecule has 0 aliphatic carbocycles. The smallest absolute Gasteiger partial charge is 0.194 e. The Morgan fingerprint density at radius 2 is 1.81 bits per heavy atom. The maximum absolute atomic E-state index is 9.09. The molecule has 1 saturated heterocycles. The fraction of sp³-hybridized carbons (Fsp3) is 0.417. The lowest BCUT2D eigenvalue weighted by atomic mass is 10.1. The Hall–Kier alpha value is -3.24. The number of hydrogen-bond donors (Lipinski definition) is 1. The van der Waals surface area contributed by atoms with Gasteiger partial charge in [-0.1, -0.05) is 18.2 Å². The van der Waals surface area contributed by atoms with Crippen LogP contribution in [0.4, 0.5) is 0 Å². The lowest BCUT2D eigenvalue weighted by molar-refractivity contribution is 0.172. The molecule has 31 heavy (non-hydrogen) atoms. The Labute approximate surface area is 184 Å². The highest BCUT2D eigenvalue weighted by atomic mass is 16.5. The molecule has 0 radical (unpaired) electrons. The van der Waals surface area contributed by atoms with Crippen LogP contribution in [0.1, 0.15) is 23.6 Å². The van der Waals surface area contributed by atoms with Gasteiger partial charge in [0, 0.05) is 39.3 Å². The minimum absolute atomic E-state index is 0.559. The molecule has 0 amide bonds. The number of nitrogens with one attached hydrogen (secondary N) is 1. The van der Waals surface area contributed by atoms with Crippen molar-refractivity contribution in [2.24, 2.45) is 4.99 Å². The first kappa shape index (κ1) is 22.4. The summed E-state index contributed by atoms with van der Waals surface area (Å²) in [7, 11) is 3.32. The van der Waals surface area contributed by atoms with E-state index in [1.54, 1.807) is 14.2 Å². The summed E-state index contributed by atoms with van der Waals surface area (Å²) >= 11 is 0. The molecule has 2 aromatic carbocycles. The summed E-state index contributed by atoms with van der Waals surface area (Å²) in [6.07, 6.45) is 0. The van der Waals surface area contributed by atoms with Gasteiger partial charge < -0.3 is 19.7 Å². The summed E-state index contributed by atoms with van der Waals surface area (Å²) in [5.41, 5.74) is 2.92. The maximum atomic E-state index is 9.09. The number of hydrogen-bond acceptors (Lipinski definition) is 5. The molecule has 1 heterocycles. The molecule has 3 rings (SSSR count). The first-order chi connectivity index (χ1) is 15.2. The molecule has 1 aliphatic heterocycles. The van der Waals surface area contributed by atoms with Crippen molar-refractivity contribution in [3.63, 3.8) is 0 Å². The van der Waals surface area contributed by atoms with E-state index in [2.05, 4.69) is 34.2 Å². The summed E-state index contributed by atoms with van der Waals surface area (Å²) in [6, 6.07) is 15.9. The van der Waals surface area contributed by atoms with Crippen molar-refractivity contribution in [3.8, 4) is 17.6 Å². The van der Waals surface area contributed by atoms with E-state index in [4.69, 9.17) is 19.7 Å². The Balaban J connectivity index is 1.59. The zero-order valence-electron chi connectivity index (χ0n) is 18.6. The molecule has 0 saturated carbocycles. The Morgan fingerprint density at radius 3 is 2.48 bits per heavy atom. The normalized spacial score (nSPS) is 14.8. The van der Waals surface area contributed by atoms with Gasteiger partial charge in [-0.25, -0.2) is 4.99 Å². The predicted molar refractivity (Wildman–Crippen MR) is 122 cm³/mol. The highest BCUT2D eigenvalue weighted by Gasteiger charge is 2.20. The van der Waals surface area contributed by atoms with Crippen LogP contribution in [0.5, 0.6) is 11.5 Å². The van der Waals surface area contributed by atoms with Crippen LogP contribution in [0.2, 0.25) is 0 Å². The molecular formula is C24H31N5O2. The number of nitriles is 1. The molecule has 1 aliphatic rings. The van der Waals surface area contributed by atoms with E-state index in [-0.39, 0.29) is 0 Å². The average molecular weight is 422 g/mol. The highest BCUT2D eigenvalue weighted by Crippen LogP contribution is 2.28. The van der Waals surface area contributed by atoms with Crippen LogP contribution in [0.25, 0.3) is 0 Å². The van der Waals surface area contributed by atoms with Crippen LogP contribution in [-0.4, -0.2) is 62.7 Å². The van der Waals surface area contributed by atoms with E-state index in [0.29, 0.717) is 12.1 Å². The van der Waals surface area contributed by atoms with Gasteiger partial charge in [-0.2, -0.15) is 5.26 Å². The molecule has 1 N–H and O–H groups in total. The van der Waals surface area contributed by atoms with Gasteiger partial charge in [0.2, 0.25) is 0 Å². The highest BCUT2D eigenvalue weighted by molar-refractivity contribution is 5.80. The van der Waals surface area contributed by atoms with Crippen LogP contribution in [0, 0.1) is 11.3 Å². The first-order valence-electron chi connectivity index (χ1n) is 10.6. The molecule has 0 unspecified atom stereocenters. The minimum Gasteiger partial charge on any atom is -0.493 e. The van der Waals surface area contributed by atoms with Crippen LogP contribution >= 0.6 is 0 Å². The van der Waals surface area contributed by atoms with Gasteiger partial charge in [0.15, 0.2) is 17.5 Å². The van der Waals surface area contributed by atoms with Crippen molar-refractivity contribution in [2.75, 3.05) is 46.9 Å². The fourth-order valence-electron chi connectivity index (χ4n) is 3.69. The summed E-state index contributed by atoms with van der Waals surface area (Å²) in [4.78, 5) is 9.56. The van der Waals surface area contributed by atoms with E-state index in [0.717, 1.165) is 62.3 Å². The molecule has 0 atom stereocenters. The Bertz CT molecular complexity index is 930. The fourth-order valence-corrected chi connectivity index (χ4v) is 3.69. The van der Waals surface area contributed by atoms with Gasteiger partial charge in [0.1, 0.15) is 0 Å². The van der Waals surface area contributed by atoms with Gasteiger partial charge in [0.25, 0.3) is 0 Å². The summed E-state index contributed by atoms with van der Waals surface area (Å²) in [5, 5.41) is 12.5. The number of benzene rings is 2. The third-order valence-corrected chi connectivity index (χ3v) is 5.33. The molecule has 2 aromatic rings. The summed E-state index contributed by atoms with van der Waals surface area (Å²) in [6.45, 7) is 8.09. The summed E-state index contributed by atoms with van der Waals surface area (Å²) in [5.74, 6) is 2.44. The topological polar surface area (TPSA) is 73.1 Å². The van der Waals surface area contributed by atoms with E-state index >= 15 is 0 Å². The van der Waals surface area contributed by atoms with Crippen LogP contribution < -0.4 is 14.8 Å². The molecule has 7 nitrogen and oxygen atoms in total. The van der Waals surface area contributed by atoms with Crippen LogP contribution in [0.15, 0.2) is 47.5 Å². The second-order valence-electron chi connectivity index (χ2n) is 7.43. The zero-order chi connectivity index (χ0) is 22.1. The Morgan fingerprint density at radius 1 is 1.03 bits per heavy atom. The van der Waals surface area contributed by atoms with E-state index < -0.39 is 0 Å².